The Morgan fingerprint density at radius 3 is 2.90 bits per heavy atom. The minimum absolute atomic E-state index is 0.262. The molecule has 0 saturated carbocycles. The van der Waals surface area contributed by atoms with Gasteiger partial charge in [-0.2, -0.15) is 5.10 Å². The summed E-state index contributed by atoms with van der Waals surface area (Å²) >= 11 is 0. The molecule has 1 aromatic carbocycles. The molecule has 2 aromatic heterocycles. The fourth-order valence-corrected chi connectivity index (χ4v) is 2.21. The van der Waals surface area contributed by atoms with Crippen LogP contribution in [0.4, 0.5) is 10.1 Å². The molecule has 6 heteroatoms. The number of halogens is 1. The van der Waals surface area contributed by atoms with E-state index in [9.17, 15) is 9.18 Å². The summed E-state index contributed by atoms with van der Waals surface area (Å²) in [4.78, 5) is 16.3. The van der Waals surface area contributed by atoms with Gasteiger partial charge in [0.1, 0.15) is 5.82 Å². The monoisotopic (exact) mass is 284 g/mol. The van der Waals surface area contributed by atoms with Crippen LogP contribution < -0.4 is 5.32 Å². The molecule has 0 aliphatic heterocycles. The average molecular weight is 284 g/mol. The first-order valence-electron chi connectivity index (χ1n) is 6.41. The van der Waals surface area contributed by atoms with Crippen molar-refractivity contribution in [2.45, 2.75) is 6.92 Å². The molecule has 3 rings (SSSR count). The summed E-state index contributed by atoms with van der Waals surface area (Å²) < 4.78 is 14.8. The highest BCUT2D eigenvalue weighted by atomic mass is 19.1. The molecule has 0 aliphatic carbocycles. The number of pyridine rings is 1. The number of fused-ring (bicyclic) bond motifs is 1. The first-order chi connectivity index (χ1) is 10.0. The Hall–Kier alpha value is -2.76. The molecule has 0 atom stereocenters. The molecule has 0 fully saturated rings. The number of amides is 1. The Balaban J connectivity index is 1.91. The Labute approximate surface area is 120 Å². The molecule has 21 heavy (non-hydrogen) atoms. The number of carbonyl (C=O) groups excluding carboxylic acids is 1. The number of aromatic nitrogens is 3. The topological polar surface area (TPSA) is 59.8 Å². The van der Waals surface area contributed by atoms with Gasteiger partial charge in [0.15, 0.2) is 5.65 Å². The quantitative estimate of drug-likeness (QED) is 0.787. The third-order valence-electron chi connectivity index (χ3n) is 3.21. The summed E-state index contributed by atoms with van der Waals surface area (Å²) in [6.07, 6.45) is 1.56. The van der Waals surface area contributed by atoms with Crippen molar-refractivity contribution < 1.29 is 9.18 Å². The molecule has 0 spiro atoms. The third kappa shape index (κ3) is 2.47. The molecule has 2 heterocycles. The lowest BCUT2D eigenvalue weighted by molar-refractivity contribution is 0.102. The van der Waals surface area contributed by atoms with Gasteiger partial charge in [-0.05, 0) is 31.2 Å². The first-order valence-corrected chi connectivity index (χ1v) is 6.41. The Morgan fingerprint density at radius 1 is 1.33 bits per heavy atom. The van der Waals surface area contributed by atoms with E-state index in [2.05, 4.69) is 15.4 Å². The second-order valence-electron chi connectivity index (χ2n) is 4.77. The van der Waals surface area contributed by atoms with Gasteiger partial charge in [-0.25, -0.2) is 9.37 Å². The van der Waals surface area contributed by atoms with Gasteiger partial charge in [0, 0.05) is 18.0 Å². The van der Waals surface area contributed by atoms with Crippen LogP contribution in [0.3, 0.4) is 0 Å². The van der Waals surface area contributed by atoms with Gasteiger partial charge in [0.2, 0.25) is 0 Å². The van der Waals surface area contributed by atoms with Crippen molar-refractivity contribution in [3.8, 4) is 0 Å². The summed E-state index contributed by atoms with van der Waals surface area (Å²) in [7, 11) is 1.81. The standard InChI is InChI=1S/C15H13FN4O/c1-9-13-7-12(8-17-14(13)20(2)19-9)18-15(21)10-4-3-5-11(16)6-10/h3-8H,1-2H3,(H,18,21). The van der Waals surface area contributed by atoms with E-state index in [0.29, 0.717) is 5.69 Å². The second-order valence-corrected chi connectivity index (χ2v) is 4.77. The maximum Gasteiger partial charge on any atom is 0.255 e. The number of hydrogen-bond acceptors (Lipinski definition) is 3. The maximum atomic E-state index is 13.1. The van der Waals surface area contributed by atoms with Crippen LogP contribution in [0.1, 0.15) is 16.1 Å². The molecule has 106 valence electrons. The largest absolute Gasteiger partial charge is 0.321 e. The second kappa shape index (κ2) is 4.97. The van der Waals surface area contributed by atoms with Crippen LogP contribution in [-0.4, -0.2) is 20.7 Å². The van der Waals surface area contributed by atoms with Gasteiger partial charge < -0.3 is 5.32 Å². The van der Waals surface area contributed by atoms with E-state index < -0.39 is 5.82 Å². The van der Waals surface area contributed by atoms with E-state index in [1.165, 1.54) is 18.2 Å². The van der Waals surface area contributed by atoms with E-state index in [1.807, 2.05) is 20.0 Å². The van der Waals surface area contributed by atoms with Gasteiger partial charge in [0.05, 0.1) is 17.6 Å². The van der Waals surface area contributed by atoms with Crippen molar-refractivity contribution in [3.63, 3.8) is 0 Å². The van der Waals surface area contributed by atoms with Crippen molar-refractivity contribution in [1.29, 1.82) is 0 Å². The zero-order chi connectivity index (χ0) is 15.0. The highest BCUT2D eigenvalue weighted by Gasteiger charge is 2.10. The van der Waals surface area contributed by atoms with Crippen molar-refractivity contribution in [2.75, 3.05) is 5.32 Å². The zero-order valence-electron chi connectivity index (χ0n) is 11.6. The molecule has 0 radical (unpaired) electrons. The average Bonchev–Trinajstić information content (AvgIpc) is 2.74. The summed E-state index contributed by atoms with van der Waals surface area (Å²) in [5, 5.41) is 7.85. The van der Waals surface area contributed by atoms with Crippen LogP contribution in [0.25, 0.3) is 11.0 Å². The molecule has 3 aromatic rings. The highest BCUT2D eigenvalue weighted by Crippen LogP contribution is 2.19. The molecule has 5 nitrogen and oxygen atoms in total. The van der Waals surface area contributed by atoms with Gasteiger partial charge in [-0.1, -0.05) is 6.07 Å². The molecule has 1 N–H and O–H groups in total. The van der Waals surface area contributed by atoms with Gasteiger partial charge in [-0.3, -0.25) is 9.48 Å². The van der Waals surface area contributed by atoms with Crippen LogP contribution in [0.15, 0.2) is 36.5 Å². The van der Waals surface area contributed by atoms with Crippen LogP contribution in [0, 0.1) is 12.7 Å². The van der Waals surface area contributed by atoms with E-state index in [-0.39, 0.29) is 11.5 Å². The predicted molar refractivity (Wildman–Crippen MR) is 77.6 cm³/mol. The fourth-order valence-electron chi connectivity index (χ4n) is 2.21. The van der Waals surface area contributed by atoms with Crippen molar-refractivity contribution >= 4 is 22.6 Å². The molecular weight excluding hydrogens is 271 g/mol. The lowest BCUT2D eigenvalue weighted by Gasteiger charge is -2.05. The molecular formula is C15H13FN4O. The van der Waals surface area contributed by atoms with E-state index in [0.717, 1.165) is 16.7 Å². The van der Waals surface area contributed by atoms with E-state index in [1.54, 1.807) is 16.9 Å². The Morgan fingerprint density at radius 2 is 2.14 bits per heavy atom. The summed E-state index contributed by atoms with van der Waals surface area (Å²) in [5.41, 5.74) is 2.39. The minimum atomic E-state index is -0.445. The molecule has 0 unspecified atom stereocenters. The minimum Gasteiger partial charge on any atom is -0.321 e. The maximum absolute atomic E-state index is 13.1. The van der Waals surface area contributed by atoms with E-state index in [4.69, 9.17) is 0 Å². The summed E-state index contributed by atoms with van der Waals surface area (Å²) in [5.74, 6) is -0.823. The zero-order valence-corrected chi connectivity index (χ0v) is 11.6. The number of benzene rings is 1. The lowest BCUT2D eigenvalue weighted by Crippen LogP contribution is -2.12. The third-order valence-corrected chi connectivity index (χ3v) is 3.21. The number of rotatable bonds is 2. The number of carbonyl (C=O) groups is 1. The van der Waals surface area contributed by atoms with Crippen LogP contribution in [-0.2, 0) is 7.05 Å². The Kier molecular flexibility index (Phi) is 3.13. The first kappa shape index (κ1) is 13.2. The number of nitrogens with one attached hydrogen (secondary N) is 1. The smallest absolute Gasteiger partial charge is 0.255 e. The molecule has 0 saturated heterocycles. The summed E-state index contributed by atoms with van der Waals surface area (Å²) in [6, 6.07) is 7.35. The molecule has 0 bridgehead atoms. The van der Waals surface area contributed by atoms with Crippen LogP contribution in [0.2, 0.25) is 0 Å². The van der Waals surface area contributed by atoms with Crippen molar-refractivity contribution in [3.05, 3.63) is 53.6 Å². The van der Waals surface area contributed by atoms with Crippen LogP contribution >= 0.6 is 0 Å². The van der Waals surface area contributed by atoms with E-state index >= 15 is 0 Å². The van der Waals surface area contributed by atoms with Crippen molar-refractivity contribution in [1.82, 2.24) is 14.8 Å². The number of aryl methyl sites for hydroxylation is 2. The van der Waals surface area contributed by atoms with Crippen molar-refractivity contribution in [2.24, 2.45) is 7.05 Å². The van der Waals surface area contributed by atoms with Gasteiger partial charge in [0.25, 0.3) is 5.91 Å². The fraction of sp³-hybridized carbons (Fsp3) is 0.133. The predicted octanol–water partition coefficient (Wildman–Crippen LogP) is 2.67. The lowest BCUT2D eigenvalue weighted by atomic mass is 10.2. The van der Waals surface area contributed by atoms with Crippen LogP contribution in [0.5, 0.6) is 0 Å². The summed E-state index contributed by atoms with van der Waals surface area (Å²) in [6.45, 7) is 1.88. The number of nitrogens with zero attached hydrogens (tertiary/aromatic N) is 3. The number of hydrogen-bond donors (Lipinski definition) is 1. The number of anilines is 1. The highest BCUT2D eigenvalue weighted by molar-refractivity contribution is 6.04. The van der Waals surface area contributed by atoms with Gasteiger partial charge >= 0.3 is 0 Å². The molecule has 1 amide bonds. The van der Waals surface area contributed by atoms with Gasteiger partial charge in [-0.15, -0.1) is 0 Å². The normalized spacial score (nSPS) is 10.8. The SMILES string of the molecule is Cc1nn(C)c2ncc(NC(=O)c3cccc(F)c3)cc12. The Bertz CT molecular complexity index is 841. The molecule has 0 aliphatic rings.